The molecule has 0 aliphatic carbocycles. The van der Waals surface area contributed by atoms with Crippen molar-refractivity contribution < 1.29 is 13.9 Å². The van der Waals surface area contributed by atoms with Gasteiger partial charge in [0.15, 0.2) is 0 Å². The SMILES string of the molecule is O=C(Nc1cccc(COc2cccc(F)c2)c1)N1CC[C@H](CN2CCCC2)C1. The average Bonchev–Trinajstić information content (AvgIpc) is 3.39. The van der Waals surface area contributed by atoms with Crippen LogP contribution in [0.1, 0.15) is 24.8 Å². The summed E-state index contributed by atoms with van der Waals surface area (Å²) in [6.07, 6.45) is 3.68. The van der Waals surface area contributed by atoms with Crippen LogP contribution in [0.25, 0.3) is 0 Å². The first-order valence-corrected chi connectivity index (χ1v) is 10.4. The molecule has 154 valence electrons. The van der Waals surface area contributed by atoms with Crippen LogP contribution in [-0.2, 0) is 6.61 Å². The first-order valence-electron chi connectivity index (χ1n) is 10.4. The van der Waals surface area contributed by atoms with Crippen molar-refractivity contribution in [3.05, 3.63) is 59.9 Å². The molecule has 0 bridgehead atoms. The van der Waals surface area contributed by atoms with Crippen molar-refractivity contribution in [3.8, 4) is 5.75 Å². The molecule has 2 aliphatic heterocycles. The monoisotopic (exact) mass is 397 g/mol. The molecule has 2 heterocycles. The molecular weight excluding hydrogens is 369 g/mol. The van der Waals surface area contributed by atoms with Crippen molar-refractivity contribution in [3.63, 3.8) is 0 Å². The maximum Gasteiger partial charge on any atom is 0.321 e. The summed E-state index contributed by atoms with van der Waals surface area (Å²) in [5, 5.41) is 3.00. The molecule has 0 spiro atoms. The molecule has 0 radical (unpaired) electrons. The molecule has 6 heteroatoms. The number of likely N-dealkylation sites (tertiary alicyclic amines) is 2. The summed E-state index contributed by atoms with van der Waals surface area (Å²) in [7, 11) is 0. The van der Waals surface area contributed by atoms with E-state index < -0.39 is 0 Å². The van der Waals surface area contributed by atoms with E-state index >= 15 is 0 Å². The van der Waals surface area contributed by atoms with Gasteiger partial charge in [-0.3, -0.25) is 0 Å². The highest BCUT2D eigenvalue weighted by molar-refractivity contribution is 5.89. The number of anilines is 1. The molecule has 0 aromatic heterocycles. The molecule has 2 saturated heterocycles. The molecule has 5 nitrogen and oxygen atoms in total. The molecule has 1 N–H and O–H groups in total. The predicted molar refractivity (Wildman–Crippen MR) is 112 cm³/mol. The van der Waals surface area contributed by atoms with Gasteiger partial charge in [0.25, 0.3) is 0 Å². The van der Waals surface area contributed by atoms with E-state index in [1.54, 1.807) is 12.1 Å². The van der Waals surface area contributed by atoms with Gasteiger partial charge in [0.2, 0.25) is 0 Å². The van der Waals surface area contributed by atoms with E-state index in [2.05, 4.69) is 10.2 Å². The summed E-state index contributed by atoms with van der Waals surface area (Å²) in [5.41, 5.74) is 1.67. The summed E-state index contributed by atoms with van der Waals surface area (Å²) >= 11 is 0. The lowest BCUT2D eigenvalue weighted by molar-refractivity contribution is 0.217. The standard InChI is InChI=1S/C23H28FN3O2/c24-20-6-4-8-22(14-20)29-17-18-5-3-7-21(13-18)25-23(28)27-12-9-19(16-27)15-26-10-1-2-11-26/h3-8,13-14,19H,1-2,9-12,15-17H2,(H,25,28)/t19-/m1/s1. The Morgan fingerprint density at radius 3 is 2.76 bits per heavy atom. The maximum atomic E-state index is 13.3. The van der Waals surface area contributed by atoms with Crippen molar-refractivity contribution in [2.45, 2.75) is 25.9 Å². The number of carbonyl (C=O) groups excluding carboxylic acids is 1. The van der Waals surface area contributed by atoms with Crippen molar-refractivity contribution in [2.75, 3.05) is 38.0 Å². The number of hydrogen-bond donors (Lipinski definition) is 1. The topological polar surface area (TPSA) is 44.8 Å². The van der Waals surface area contributed by atoms with Gasteiger partial charge in [0, 0.05) is 31.4 Å². The fraction of sp³-hybridized carbons (Fsp3) is 0.435. The zero-order chi connectivity index (χ0) is 20.1. The molecule has 2 aromatic rings. The molecule has 0 unspecified atom stereocenters. The second-order valence-corrected chi connectivity index (χ2v) is 7.99. The fourth-order valence-corrected chi connectivity index (χ4v) is 4.16. The van der Waals surface area contributed by atoms with E-state index in [0.29, 0.717) is 18.3 Å². The largest absolute Gasteiger partial charge is 0.489 e. The van der Waals surface area contributed by atoms with Gasteiger partial charge in [-0.25, -0.2) is 9.18 Å². The Bertz CT molecular complexity index is 838. The number of nitrogens with zero attached hydrogens (tertiary/aromatic N) is 2. The zero-order valence-electron chi connectivity index (χ0n) is 16.6. The van der Waals surface area contributed by atoms with Crippen molar-refractivity contribution in [1.29, 1.82) is 0 Å². The summed E-state index contributed by atoms with van der Waals surface area (Å²) < 4.78 is 18.9. The van der Waals surface area contributed by atoms with Crippen molar-refractivity contribution >= 4 is 11.7 Å². The third-order valence-corrected chi connectivity index (χ3v) is 5.67. The Hall–Kier alpha value is -2.60. The number of nitrogens with one attached hydrogen (secondary N) is 1. The van der Waals surface area contributed by atoms with Crippen molar-refractivity contribution in [2.24, 2.45) is 5.92 Å². The van der Waals surface area contributed by atoms with Crippen LogP contribution in [0.2, 0.25) is 0 Å². The highest BCUT2D eigenvalue weighted by Gasteiger charge is 2.28. The first kappa shape index (κ1) is 19.7. The second-order valence-electron chi connectivity index (χ2n) is 7.99. The van der Waals surface area contributed by atoms with Crippen LogP contribution < -0.4 is 10.1 Å². The van der Waals surface area contributed by atoms with Crippen LogP contribution >= 0.6 is 0 Å². The van der Waals surface area contributed by atoms with Crippen LogP contribution in [0.3, 0.4) is 0 Å². The summed E-state index contributed by atoms with van der Waals surface area (Å²) in [6, 6.07) is 13.6. The summed E-state index contributed by atoms with van der Waals surface area (Å²) in [6.45, 7) is 5.46. The van der Waals surface area contributed by atoms with Gasteiger partial charge in [0.05, 0.1) is 0 Å². The Morgan fingerprint density at radius 2 is 1.93 bits per heavy atom. The van der Waals surface area contributed by atoms with Gasteiger partial charge < -0.3 is 19.9 Å². The average molecular weight is 397 g/mol. The van der Waals surface area contributed by atoms with Crippen LogP contribution in [-0.4, -0.2) is 48.6 Å². The number of rotatable bonds is 6. The Morgan fingerprint density at radius 1 is 1.10 bits per heavy atom. The van der Waals surface area contributed by atoms with Crippen molar-refractivity contribution in [1.82, 2.24) is 9.80 Å². The minimum absolute atomic E-state index is 0.0443. The van der Waals surface area contributed by atoms with Gasteiger partial charge in [-0.1, -0.05) is 18.2 Å². The molecule has 4 rings (SSSR count). The Labute approximate surface area is 171 Å². The zero-order valence-corrected chi connectivity index (χ0v) is 16.6. The third-order valence-electron chi connectivity index (χ3n) is 5.67. The van der Waals surface area contributed by atoms with Gasteiger partial charge >= 0.3 is 6.03 Å². The minimum atomic E-state index is -0.322. The van der Waals surface area contributed by atoms with Gasteiger partial charge in [0.1, 0.15) is 18.2 Å². The molecule has 2 aromatic carbocycles. The van der Waals surface area contributed by atoms with Gasteiger partial charge in [-0.2, -0.15) is 0 Å². The van der Waals surface area contributed by atoms with E-state index in [-0.39, 0.29) is 11.8 Å². The smallest absolute Gasteiger partial charge is 0.321 e. The summed E-state index contributed by atoms with van der Waals surface area (Å²) in [4.78, 5) is 17.1. The molecular formula is C23H28FN3O2. The maximum absolute atomic E-state index is 13.3. The number of amides is 2. The Balaban J connectivity index is 1.27. The van der Waals surface area contributed by atoms with E-state index in [0.717, 1.165) is 37.3 Å². The fourth-order valence-electron chi connectivity index (χ4n) is 4.16. The quantitative estimate of drug-likeness (QED) is 0.788. The van der Waals surface area contributed by atoms with E-state index in [4.69, 9.17) is 4.74 Å². The van der Waals surface area contributed by atoms with E-state index in [1.165, 1.54) is 38.1 Å². The second kappa shape index (κ2) is 9.27. The number of hydrogen-bond acceptors (Lipinski definition) is 3. The lowest BCUT2D eigenvalue weighted by Crippen LogP contribution is -2.34. The number of carbonyl (C=O) groups is 1. The number of ether oxygens (including phenoxy) is 1. The van der Waals surface area contributed by atoms with Crippen LogP contribution in [0.15, 0.2) is 48.5 Å². The number of halogens is 1. The van der Waals surface area contributed by atoms with Gasteiger partial charge in [-0.05, 0) is 68.1 Å². The summed E-state index contributed by atoms with van der Waals surface area (Å²) in [5.74, 6) is 0.738. The van der Waals surface area contributed by atoms with E-state index in [9.17, 15) is 9.18 Å². The highest BCUT2D eigenvalue weighted by Crippen LogP contribution is 2.21. The number of urea groups is 1. The molecule has 0 saturated carbocycles. The molecule has 1 atom stereocenters. The van der Waals surface area contributed by atoms with E-state index in [1.807, 2.05) is 29.2 Å². The normalized spacial score (nSPS) is 19.5. The molecule has 2 fully saturated rings. The Kier molecular flexibility index (Phi) is 6.30. The molecule has 2 amide bonds. The van der Waals surface area contributed by atoms with Crippen LogP contribution in [0.4, 0.5) is 14.9 Å². The van der Waals surface area contributed by atoms with Crippen LogP contribution in [0.5, 0.6) is 5.75 Å². The highest BCUT2D eigenvalue weighted by atomic mass is 19.1. The van der Waals surface area contributed by atoms with Gasteiger partial charge in [-0.15, -0.1) is 0 Å². The third kappa shape index (κ3) is 5.48. The lowest BCUT2D eigenvalue weighted by atomic mass is 10.1. The minimum Gasteiger partial charge on any atom is -0.489 e. The van der Waals surface area contributed by atoms with Crippen LogP contribution in [0, 0.1) is 11.7 Å². The first-order chi connectivity index (χ1) is 14.2. The molecule has 2 aliphatic rings. The molecule has 29 heavy (non-hydrogen) atoms. The number of benzene rings is 2. The predicted octanol–water partition coefficient (Wildman–Crippen LogP) is 4.35. The lowest BCUT2D eigenvalue weighted by Gasteiger charge is -2.21.